The molecule has 1 fully saturated rings. The summed E-state index contributed by atoms with van der Waals surface area (Å²) in [6, 6.07) is 0. The molecule has 8 nitrogen and oxygen atoms in total. The predicted octanol–water partition coefficient (Wildman–Crippen LogP) is -5.26. The van der Waals surface area contributed by atoms with Crippen molar-refractivity contribution in [3.05, 3.63) is 0 Å². The van der Waals surface area contributed by atoms with E-state index in [1.165, 1.54) is 0 Å². The molecule has 12 heteroatoms. The summed E-state index contributed by atoms with van der Waals surface area (Å²) in [4.78, 5) is 0. The minimum atomic E-state index is -4.94. The molecule has 0 aliphatic carbocycles. The molecule has 0 aromatic heterocycles. The fourth-order valence-electron chi connectivity index (χ4n) is 0.328. The third kappa shape index (κ3) is 4.49. The standard InChI is InChI=1S/Al.Na.2H2O4S/c;;2*1-5(2,3)4/h;;2*(H2,1,2,3,4)/q+3;+1;;/p-4. The summed E-state index contributed by atoms with van der Waals surface area (Å²) in [6.45, 7) is 0. The minimum absolute atomic E-state index is 0. The van der Waals surface area contributed by atoms with Gasteiger partial charge in [-0.05, 0) is 0 Å². The van der Waals surface area contributed by atoms with Crippen LogP contribution in [0, 0.1) is 0 Å². The van der Waals surface area contributed by atoms with Crippen LogP contribution in [0.25, 0.3) is 0 Å². The van der Waals surface area contributed by atoms with E-state index in [1.54, 1.807) is 0 Å². The quantitative estimate of drug-likeness (QED) is 0.267. The van der Waals surface area contributed by atoms with Crippen LogP contribution >= 0.6 is 0 Å². The molecule has 64 valence electrons. The third-order valence-corrected chi connectivity index (χ3v) is 5.30. The first-order chi connectivity index (χ1) is 4.79. The fraction of sp³-hybridized carbons (Fsp3) is 0. The summed E-state index contributed by atoms with van der Waals surface area (Å²) in [6.07, 6.45) is 0. The second kappa shape index (κ2) is 4.20. The second-order valence-corrected chi connectivity index (χ2v) is 5.91. The van der Waals surface area contributed by atoms with Gasteiger partial charge in [-0.2, -0.15) is 8.42 Å². The zero-order valence-electron chi connectivity index (χ0n) is 5.66. The van der Waals surface area contributed by atoms with E-state index in [9.17, 15) is 21.4 Å². The Morgan fingerprint density at radius 1 is 1.33 bits per heavy atom. The molecule has 1 saturated heterocycles. The maximum atomic E-state index is 10.00. The molecule has 1 aliphatic rings. The SMILES string of the molecule is O=S(=O)([O-])[O][Al]1[O]S(=O)(=O)[O]1.[Na+]. The summed E-state index contributed by atoms with van der Waals surface area (Å²) in [5.74, 6) is 0. The summed E-state index contributed by atoms with van der Waals surface area (Å²) >= 11 is -3.24. The first-order valence-corrected chi connectivity index (χ1v) is 6.12. The van der Waals surface area contributed by atoms with Gasteiger partial charge in [-0.15, -0.1) is 0 Å². The smallest absolute Gasteiger partial charge is 0.727 e. The van der Waals surface area contributed by atoms with Crippen LogP contribution in [-0.2, 0) is 30.5 Å². The molecule has 0 bridgehead atoms. The molecule has 0 atom stereocenters. The van der Waals surface area contributed by atoms with Crippen LogP contribution in [0.5, 0.6) is 0 Å². The van der Waals surface area contributed by atoms with Crippen LogP contribution in [0.4, 0.5) is 0 Å². The maximum absolute atomic E-state index is 10.00. The van der Waals surface area contributed by atoms with Gasteiger partial charge in [0, 0.05) is 0 Å². The van der Waals surface area contributed by atoms with Crippen LogP contribution < -0.4 is 29.6 Å². The molecule has 0 aromatic rings. The molecule has 1 rings (SSSR count). The van der Waals surface area contributed by atoms with Crippen molar-refractivity contribution >= 4 is 35.9 Å². The van der Waals surface area contributed by atoms with Crippen molar-refractivity contribution in [2.75, 3.05) is 0 Å². The van der Waals surface area contributed by atoms with Crippen molar-refractivity contribution in [3.63, 3.8) is 0 Å². The van der Waals surface area contributed by atoms with Crippen molar-refractivity contribution in [2.24, 2.45) is 0 Å². The van der Waals surface area contributed by atoms with E-state index in [0.717, 1.165) is 0 Å². The van der Waals surface area contributed by atoms with Crippen LogP contribution in [-0.4, -0.2) is 36.5 Å². The molecule has 0 amide bonds. The summed E-state index contributed by atoms with van der Waals surface area (Å²) in [7, 11) is -9.01. The second-order valence-electron chi connectivity index (χ2n) is 1.39. The van der Waals surface area contributed by atoms with E-state index in [-0.39, 0.29) is 29.6 Å². The first kappa shape index (κ1) is 13.3. The van der Waals surface area contributed by atoms with Crippen molar-refractivity contribution < 1.29 is 60.6 Å². The van der Waals surface area contributed by atoms with Crippen molar-refractivity contribution in [1.82, 2.24) is 0 Å². The van der Waals surface area contributed by atoms with Gasteiger partial charge >= 0.3 is 55.1 Å². The Bertz CT molecular complexity index is 325. The van der Waals surface area contributed by atoms with Crippen LogP contribution in [0.3, 0.4) is 0 Å². The fourth-order valence-corrected chi connectivity index (χ4v) is 3.53. The van der Waals surface area contributed by atoms with Crippen LogP contribution in [0.15, 0.2) is 0 Å². The Morgan fingerprint density at radius 2 is 1.75 bits per heavy atom. The Hall–Kier alpha value is 1.27. The number of hydrogen-bond donors (Lipinski definition) is 0. The molecular formula is AlNaO8S2. The van der Waals surface area contributed by atoms with E-state index in [2.05, 4.69) is 9.70 Å². The molecule has 0 aromatic carbocycles. The first-order valence-electron chi connectivity index (χ1n) is 2.04. The molecular weight excluding hydrogens is 242 g/mol. The molecule has 12 heavy (non-hydrogen) atoms. The molecule has 1 heterocycles. The average molecular weight is 242 g/mol. The molecule has 0 radical (unpaired) electrons. The van der Waals surface area contributed by atoms with Gasteiger partial charge in [0.1, 0.15) is 0 Å². The molecule has 0 spiro atoms. The van der Waals surface area contributed by atoms with E-state index in [1.807, 2.05) is 0 Å². The van der Waals surface area contributed by atoms with Gasteiger partial charge in [0.05, 0.1) is 0 Å². The van der Waals surface area contributed by atoms with Gasteiger partial charge < -0.3 is 14.3 Å². The van der Waals surface area contributed by atoms with Crippen LogP contribution in [0.1, 0.15) is 0 Å². The zero-order valence-corrected chi connectivity index (χ0v) is 10.4. The Labute approximate surface area is 95.8 Å². The largest absolute Gasteiger partial charge is 1.00 e. The molecule has 0 unspecified atom stereocenters. The van der Waals surface area contributed by atoms with Gasteiger partial charge in [0.2, 0.25) is 0 Å². The Balaban J connectivity index is 0.00000121. The van der Waals surface area contributed by atoms with E-state index in [4.69, 9.17) is 0 Å². The Morgan fingerprint density at radius 3 is 2.00 bits per heavy atom. The predicted molar refractivity (Wildman–Crippen MR) is 27.6 cm³/mol. The van der Waals surface area contributed by atoms with Gasteiger partial charge in [0.15, 0.2) is 10.4 Å². The van der Waals surface area contributed by atoms with Gasteiger partial charge in [-0.3, -0.25) is 0 Å². The van der Waals surface area contributed by atoms with Crippen molar-refractivity contribution in [3.8, 4) is 0 Å². The van der Waals surface area contributed by atoms with Crippen molar-refractivity contribution in [1.29, 1.82) is 0 Å². The Kier molecular flexibility index (Phi) is 4.64. The number of rotatable bonds is 2. The summed E-state index contributed by atoms with van der Waals surface area (Å²) < 4.78 is 60.4. The topological polar surface area (TPSA) is 119 Å². The van der Waals surface area contributed by atoms with E-state index in [0.29, 0.717) is 0 Å². The normalized spacial score (nSPS) is 20.9. The zero-order chi connectivity index (χ0) is 8.70. The third-order valence-electron chi connectivity index (χ3n) is 0.589. The van der Waals surface area contributed by atoms with Gasteiger partial charge in [-0.1, -0.05) is 0 Å². The average Bonchev–Trinajstić information content (AvgIpc) is 1.53. The summed E-state index contributed by atoms with van der Waals surface area (Å²) in [5.41, 5.74) is 0. The monoisotopic (exact) mass is 242 g/mol. The van der Waals surface area contributed by atoms with E-state index < -0.39 is 35.9 Å². The van der Waals surface area contributed by atoms with E-state index >= 15 is 0 Å². The molecule has 0 N–H and O–H groups in total. The van der Waals surface area contributed by atoms with Crippen LogP contribution in [0.2, 0.25) is 0 Å². The maximum Gasteiger partial charge on any atom is 1.00 e. The van der Waals surface area contributed by atoms with Gasteiger partial charge in [-0.25, -0.2) is 8.42 Å². The summed E-state index contributed by atoms with van der Waals surface area (Å²) in [5, 5.41) is 0. The molecule has 0 saturated carbocycles. The molecule has 1 aliphatic heterocycles. The van der Waals surface area contributed by atoms with Crippen molar-refractivity contribution in [2.45, 2.75) is 0 Å². The number of hydrogen-bond acceptors (Lipinski definition) is 8. The minimum Gasteiger partial charge on any atom is -0.727 e. The van der Waals surface area contributed by atoms with Gasteiger partial charge in [0.25, 0.3) is 0 Å².